The molecule has 3 atom stereocenters. The maximum Gasteiger partial charge on any atom is 0.226 e. The van der Waals surface area contributed by atoms with Crippen molar-refractivity contribution in [2.45, 2.75) is 44.6 Å². The van der Waals surface area contributed by atoms with Crippen molar-refractivity contribution < 1.29 is 14.7 Å². The Balaban J connectivity index is 1.68. The Kier molecular flexibility index (Phi) is 6.08. The molecule has 2 amide bonds. The van der Waals surface area contributed by atoms with E-state index in [2.05, 4.69) is 5.32 Å². The number of nitrogens with one attached hydrogen (secondary N) is 1. The van der Waals surface area contributed by atoms with Gasteiger partial charge < -0.3 is 15.3 Å². The van der Waals surface area contributed by atoms with Crippen molar-refractivity contribution in [2.24, 2.45) is 11.8 Å². The van der Waals surface area contributed by atoms with Crippen LogP contribution in [0.2, 0.25) is 0 Å². The number of carbonyl (C=O) groups is 2. The number of aliphatic hydroxyl groups is 1. The lowest BCUT2D eigenvalue weighted by Gasteiger charge is -2.33. The van der Waals surface area contributed by atoms with Crippen LogP contribution in [0.15, 0.2) is 30.3 Å². The molecule has 136 valence electrons. The molecule has 1 aromatic rings. The SMILES string of the molecule is O=C(N[C@H](CO)c1ccccc1)C1CCCCC1C(=O)N1CCCC1. The molecule has 1 aliphatic heterocycles. The summed E-state index contributed by atoms with van der Waals surface area (Å²) in [6.45, 7) is 1.51. The number of hydrogen-bond donors (Lipinski definition) is 2. The Morgan fingerprint density at radius 1 is 1.04 bits per heavy atom. The highest BCUT2D eigenvalue weighted by molar-refractivity contribution is 5.88. The number of amides is 2. The average molecular weight is 344 g/mol. The second kappa shape index (κ2) is 8.48. The van der Waals surface area contributed by atoms with Crippen LogP contribution in [0.3, 0.4) is 0 Å². The third-order valence-electron chi connectivity index (χ3n) is 5.54. The van der Waals surface area contributed by atoms with Crippen LogP contribution >= 0.6 is 0 Å². The third-order valence-corrected chi connectivity index (χ3v) is 5.54. The van der Waals surface area contributed by atoms with E-state index < -0.39 is 6.04 Å². The summed E-state index contributed by atoms with van der Waals surface area (Å²) in [5, 5.41) is 12.7. The van der Waals surface area contributed by atoms with E-state index in [9.17, 15) is 14.7 Å². The molecule has 5 nitrogen and oxygen atoms in total. The zero-order valence-electron chi connectivity index (χ0n) is 14.7. The molecule has 0 radical (unpaired) electrons. The molecule has 2 aliphatic rings. The first kappa shape index (κ1) is 17.9. The average Bonchev–Trinajstić information content (AvgIpc) is 3.21. The number of likely N-dealkylation sites (tertiary alicyclic amines) is 1. The van der Waals surface area contributed by atoms with Crippen molar-refractivity contribution in [3.8, 4) is 0 Å². The zero-order chi connectivity index (χ0) is 17.6. The molecular weight excluding hydrogens is 316 g/mol. The third kappa shape index (κ3) is 4.21. The molecule has 1 saturated carbocycles. The van der Waals surface area contributed by atoms with Gasteiger partial charge in [-0.2, -0.15) is 0 Å². The van der Waals surface area contributed by atoms with Crippen molar-refractivity contribution in [3.05, 3.63) is 35.9 Å². The lowest BCUT2D eigenvalue weighted by Crippen LogP contribution is -2.45. The number of aliphatic hydroxyl groups excluding tert-OH is 1. The second-order valence-corrected chi connectivity index (χ2v) is 7.18. The van der Waals surface area contributed by atoms with Crippen LogP contribution in [-0.2, 0) is 9.59 Å². The molecule has 0 bridgehead atoms. The molecule has 0 spiro atoms. The van der Waals surface area contributed by atoms with Gasteiger partial charge in [0, 0.05) is 24.9 Å². The molecule has 2 N–H and O–H groups in total. The van der Waals surface area contributed by atoms with E-state index in [-0.39, 0.29) is 30.3 Å². The van der Waals surface area contributed by atoms with Crippen molar-refractivity contribution in [3.63, 3.8) is 0 Å². The molecular formula is C20H28N2O3. The van der Waals surface area contributed by atoms with E-state index >= 15 is 0 Å². The molecule has 25 heavy (non-hydrogen) atoms. The van der Waals surface area contributed by atoms with Gasteiger partial charge in [-0.25, -0.2) is 0 Å². The molecule has 1 heterocycles. The molecule has 0 aromatic heterocycles. The fourth-order valence-electron chi connectivity index (χ4n) is 4.11. The molecule has 5 heteroatoms. The lowest BCUT2D eigenvalue weighted by atomic mass is 9.77. The highest BCUT2D eigenvalue weighted by Crippen LogP contribution is 2.33. The first-order valence-electron chi connectivity index (χ1n) is 9.45. The van der Waals surface area contributed by atoms with Crippen LogP contribution in [0.25, 0.3) is 0 Å². The van der Waals surface area contributed by atoms with Crippen LogP contribution in [0.1, 0.15) is 50.1 Å². The summed E-state index contributed by atoms with van der Waals surface area (Å²) in [4.78, 5) is 27.6. The predicted octanol–water partition coefficient (Wildman–Crippen LogP) is 2.26. The first-order chi connectivity index (χ1) is 12.2. The quantitative estimate of drug-likeness (QED) is 0.861. The Hall–Kier alpha value is -1.88. The van der Waals surface area contributed by atoms with E-state index in [1.807, 2.05) is 35.2 Å². The molecule has 1 aliphatic carbocycles. The maximum atomic E-state index is 12.9. The highest BCUT2D eigenvalue weighted by Gasteiger charge is 2.38. The fraction of sp³-hybridized carbons (Fsp3) is 0.600. The minimum Gasteiger partial charge on any atom is -0.394 e. The second-order valence-electron chi connectivity index (χ2n) is 7.18. The Labute approximate surface area is 149 Å². The van der Waals surface area contributed by atoms with Crippen LogP contribution in [0, 0.1) is 11.8 Å². The van der Waals surface area contributed by atoms with Gasteiger partial charge in [0.25, 0.3) is 0 Å². The molecule has 1 saturated heterocycles. The fourth-order valence-corrected chi connectivity index (χ4v) is 4.11. The minimum absolute atomic E-state index is 0.0971. The minimum atomic E-state index is -0.418. The number of benzene rings is 1. The lowest BCUT2D eigenvalue weighted by molar-refractivity contribution is -0.143. The van der Waals surface area contributed by atoms with Crippen LogP contribution in [0.4, 0.5) is 0 Å². The van der Waals surface area contributed by atoms with Crippen LogP contribution in [-0.4, -0.2) is 41.5 Å². The van der Waals surface area contributed by atoms with Crippen LogP contribution < -0.4 is 5.32 Å². The number of hydrogen-bond acceptors (Lipinski definition) is 3. The Morgan fingerprint density at radius 2 is 1.68 bits per heavy atom. The van der Waals surface area contributed by atoms with Gasteiger partial charge in [-0.1, -0.05) is 43.2 Å². The first-order valence-corrected chi connectivity index (χ1v) is 9.45. The summed E-state index contributed by atoms with van der Waals surface area (Å²) < 4.78 is 0. The largest absolute Gasteiger partial charge is 0.394 e. The van der Waals surface area contributed by atoms with Crippen LogP contribution in [0.5, 0.6) is 0 Å². The van der Waals surface area contributed by atoms with Gasteiger partial charge in [0.2, 0.25) is 11.8 Å². The normalized spacial score (nSPS) is 24.8. The van der Waals surface area contributed by atoms with Gasteiger partial charge in [-0.15, -0.1) is 0 Å². The smallest absolute Gasteiger partial charge is 0.226 e. The van der Waals surface area contributed by atoms with Crippen molar-refractivity contribution in [1.29, 1.82) is 0 Å². The number of rotatable bonds is 5. The van der Waals surface area contributed by atoms with Gasteiger partial charge in [-0.3, -0.25) is 9.59 Å². The molecule has 3 rings (SSSR count). The molecule has 1 aromatic carbocycles. The van der Waals surface area contributed by atoms with Gasteiger partial charge in [0.1, 0.15) is 0 Å². The molecule has 2 fully saturated rings. The van der Waals surface area contributed by atoms with Gasteiger partial charge in [0.05, 0.1) is 12.6 Å². The maximum absolute atomic E-state index is 12.9. The predicted molar refractivity (Wildman–Crippen MR) is 95.7 cm³/mol. The van der Waals surface area contributed by atoms with E-state index in [0.29, 0.717) is 0 Å². The van der Waals surface area contributed by atoms with Gasteiger partial charge >= 0.3 is 0 Å². The van der Waals surface area contributed by atoms with E-state index in [0.717, 1.165) is 57.2 Å². The van der Waals surface area contributed by atoms with E-state index in [1.165, 1.54) is 0 Å². The number of nitrogens with zero attached hydrogens (tertiary/aromatic N) is 1. The summed E-state index contributed by atoms with van der Waals surface area (Å²) in [7, 11) is 0. The van der Waals surface area contributed by atoms with E-state index in [1.54, 1.807) is 0 Å². The Bertz CT molecular complexity index is 584. The zero-order valence-corrected chi connectivity index (χ0v) is 14.7. The van der Waals surface area contributed by atoms with Crippen molar-refractivity contribution in [1.82, 2.24) is 10.2 Å². The van der Waals surface area contributed by atoms with Gasteiger partial charge in [0.15, 0.2) is 0 Å². The summed E-state index contributed by atoms with van der Waals surface area (Å²) in [6.07, 6.45) is 5.67. The highest BCUT2D eigenvalue weighted by atomic mass is 16.3. The monoisotopic (exact) mass is 344 g/mol. The molecule has 2 unspecified atom stereocenters. The van der Waals surface area contributed by atoms with Gasteiger partial charge in [-0.05, 0) is 31.2 Å². The topological polar surface area (TPSA) is 69.6 Å². The van der Waals surface area contributed by atoms with Crippen molar-refractivity contribution in [2.75, 3.05) is 19.7 Å². The van der Waals surface area contributed by atoms with Crippen molar-refractivity contribution >= 4 is 11.8 Å². The standard InChI is InChI=1S/C20H28N2O3/c23-14-18(15-8-2-1-3-9-15)21-19(24)16-10-4-5-11-17(16)20(25)22-12-6-7-13-22/h1-3,8-9,16-18,23H,4-7,10-14H2,(H,21,24)/t16?,17?,18-/m1/s1. The summed E-state index contributed by atoms with van der Waals surface area (Å²) in [5.41, 5.74) is 0.886. The number of carbonyl (C=O) groups excluding carboxylic acids is 2. The summed E-state index contributed by atoms with van der Waals surface area (Å²) in [6, 6.07) is 9.07. The van der Waals surface area contributed by atoms with E-state index in [4.69, 9.17) is 0 Å². The summed E-state index contributed by atoms with van der Waals surface area (Å²) in [5.74, 6) is -0.431. The summed E-state index contributed by atoms with van der Waals surface area (Å²) >= 11 is 0. The Morgan fingerprint density at radius 3 is 2.32 bits per heavy atom.